The Hall–Kier alpha value is -1.13. The van der Waals surface area contributed by atoms with Gasteiger partial charge in [0, 0.05) is 24.0 Å². The summed E-state index contributed by atoms with van der Waals surface area (Å²) in [6, 6.07) is 2.45. The second kappa shape index (κ2) is 6.16. The Balaban J connectivity index is 1.82. The Labute approximate surface area is 112 Å². The predicted molar refractivity (Wildman–Crippen MR) is 75.7 cm³/mol. The number of thiophene rings is 1. The fourth-order valence-electron chi connectivity index (χ4n) is 2.17. The number of hydrogen-bond donors (Lipinski definition) is 1. The van der Waals surface area contributed by atoms with Crippen LogP contribution in [0, 0.1) is 0 Å². The van der Waals surface area contributed by atoms with Gasteiger partial charge in [0.25, 0.3) is 0 Å². The summed E-state index contributed by atoms with van der Waals surface area (Å²) in [7, 11) is 0. The molecule has 1 amide bonds. The van der Waals surface area contributed by atoms with Crippen molar-refractivity contribution in [1.82, 2.24) is 10.2 Å². The zero-order valence-electron chi connectivity index (χ0n) is 10.8. The number of carbonyl (C=O) groups excluding carboxylic acids is 1. The summed E-state index contributed by atoms with van der Waals surface area (Å²) in [5.74, 6) is 0.197. The molecule has 1 atom stereocenters. The van der Waals surface area contributed by atoms with Crippen molar-refractivity contribution in [2.24, 2.45) is 0 Å². The molecule has 1 aromatic rings. The predicted octanol–water partition coefficient (Wildman–Crippen LogP) is 2.19. The quantitative estimate of drug-likeness (QED) is 0.827. The SMILES string of the molecule is C=CCC(C)NCC(=O)N1CCc2sccc2C1. The summed E-state index contributed by atoms with van der Waals surface area (Å²) in [6.45, 7) is 7.82. The fourth-order valence-corrected chi connectivity index (χ4v) is 3.06. The largest absolute Gasteiger partial charge is 0.337 e. The first kappa shape index (κ1) is 13.3. The van der Waals surface area contributed by atoms with Gasteiger partial charge >= 0.3 is 0 Å². The van der Waals surface area contributed by atoms with Gasteiger partial charge in [0.15, 0.2) is 0 Å². The van der Waals surface area contributed by atoms with E-state index in [2.05, 4.69) is 30.3 Å². The Morgan fingerprint density at radius 2 is 2.56 bits per heavy atom. The molecule has 2 rings (SSSR count). The molecule has 18 heavy (non-hydrogen) atoms. The van der Waals surface area contributed by atoms with Gasteiger partial charge in [0.2, 0.25) is 5.91 Å². The highest BCUT2D eigenvalue weighted by Crippen LogP contribution is 2.23. The van der Waals surface area contributed by atoms with E-state index in [1.54, 1.807) is 11.3 Å². The molecule has 0 saturated heterocycles. The minimum Gasteiger partial charge on any atom is -0.337 e. The lowest BCUT2D eigenvalue weighted by Gasteiger charge is -2.27. The van der Waals surface area contributed by atoms with Crippen LogP contribution in [0.2, 0.25) is 0 Å². The monoisotopic (exact) mass is 264 g/mol. The van der Waals surface area contributed by atoms with Crippen molar-refractivity contribution in [2.75, 3.05) is 13.1 Å². The highest BCUT2D eigenvalue weighted by Gasteiger charge is 2.21. The average Bonchev–Trinajstić information content (AvgIpc) is 2.83. The van der Waals surface area contributed by atoms with Crippen LogP contribution >= 0.6 is 11.3 Å². The summed E-state index contributed by atoms with van der Waals surface area (Å²) in [6.07, 6.45) is 3.77. The van der Waals surface area contributed by atoms with Crippen molar-refractivity contribution >= 4 is 17.2 Å². The smallest absolute Gasteiger partial charge is 0.236 e. The summed E-state index contributed by atoms with van der Waals surface area (Å²) in [5, 5.41) is 5.35. The van der Waals surface area contributed by atoms with E-state index < -0.39 is 0 Å². The van der Waals surface area contributed by atoms with Crippen LogP contribution in [-0.2, 0) is 17.8 Å². The number of nitrogens with one attached hydrogen (secondary N) is 1. The number of carbonyl (C=O) groups is 1. The van der Waals surface area contributed by atoms with Gasteiger partial charge in [0.05, 0.1) is 6.54 Å². The van der Waals surface area contributed by atoms with E-state index in [1.165, 1.54) is 10.4 Å². The maximum Gasteiger partial charge on any atom is 0.236 e. The molecule has 0 fully saturated rings. The third-order valence-corrected chi connectivity index (χ3v) is 4.31. The number of rotatable bonds is 5. The zero-order valence-corrected chi connectivity index (χ0v) is 11.6. The fraction of sp³-hybridized carbons (Fsp3) is 0.500. The van der Waals surface area contributed by atoms with E-state index in [-0.39, 0.29) is 5.91 Å². The number of nitrogens with zero attached hydrogens (tertiary/aromatic N) is 1. The molecule has 0 radical (unpaired) electrons. The van der Waals surface area contributed by atoms with E-state index >= 15 is 0 Å². The third-order valence-electron chi connectivity index (χ3n) is 3.28. The van der Waals surface area contributed by atoms with Crippen LogP contribution in [0.5, 0.6) is 0 Å². The van der Waals surface area contributed by atoms with Crippen LogP contribution in [0.3, 0.4) is 0 Å². The van der Waals surface area contributed by atoms with E-state index in [0.717, 1.165) is 25.9 Å². The molecular formula is C14H20N2OS. The molecule has 1 aliphatic heterocycles. The van der Waals surface area contributed by atoms with E-state index in [1.807, 2.05) is 11.0 Å². The molecule has 0 spiro atoms. The molecule has 3 nitrogen and oxygen atoms in total. The van der Waals surface area contributed by atoms with Gasteiger partial charge in [-0.3, -0.25) is 4.79 Å². The molecule has 98 valence electrons. The lowest BCUT2D eigenvalue weighted by molar-refractivity contribution is -0.131. The Bertz CT molecular complexity index is 427. The van der Waals surface area contributed by atoms with Crippen molar-refractivity contribution < 1.29 is 4.79 Å². The molecule has 1 N–H and O–H groups in total. The maximum atomic E-state index is 12.1. The minimum atomic E-state index is 0.197. The van der Waals surface area contributed by atoms with Crippen LogP contribution < -0.4 is 5.32 Å². The van der Waals surface area contributed by atoms with Gasteiger partial charge in [-0.2, -0.15) is 0 Å². The van der Waals surface area contributed by atoms with Crippen LogP contribution in [0.1, 0.15) is 23.8 Å². The first-order valence-corrected chi connectivity index (χ1v) is 7.26. The third kappa shape index (κ3) is 3.21. The van der Waals surface area contributed by atoms with Crippen molar-refractivity contribution in [3.63, 3.8) is 0 Å². The molecule has 1 unspecified atom stereocenters. The van der Waals surface area contributed by atoms with Gasteiger partial charge < -0.3 is 10.2 Å². The minimum absolute atomic E-state index is 0.197. The molecule has 0 aromatic carbocycles. The van der Waals surface area contributed by atoms with Gasteiger partial charge in [0.1, 0.15) is 0 Å². The first-order valence-electron chi connectivity index (χ1n) is 6.38. The maximum absolute atomic E-state index is 12.1. The summed E-state index contributed by atoms with van der Waals surface area (Å²) >= 11 is 1.80. The molecule has 0 saturated carbocycles. The topological polar surface area (TPSA) is 32.3 Å². The second-order valence-corrected chi connectivity index (χ2v) is 5.74. The molecule has 1 aliphatic rings. The van der Waals surface area contributed by atoms with Gasteiger partial charge in [-0.05, 0) is 36.8 Å². The van der Waals surface area contributed by atoms with Crippen molar-refractivity contribution in [1.29, 1.82) is 0 Å². The van der Waals surface area contributed by atoms with Crippen LogP contribution in [0.15, 0.2) is 24.1 Å². The highest BCUT2D eigenvalue weighted by atomic mass is 32.1. The summed E-state index contributed by atoms with van der Waals surface area (Å²) in [5.41, 5.74) is 1.32. The Kier molecular flexibility index (Phi) is 4.55. The standard InChI is InChI=1S/C14H20N2OS/c1-3-4-11(2)15-9-14(17)16-7-5-13-12(10-16)6-8-18-13/h3,6,8,11,15H,1,4-5,7,9-10H2,2H3. The molecular weight excluding hydrogens is 244 g/mol. The van der Waals surface area contributed by atoms with E-state index in [0.29, 0.717) is 12.6 Å². The van der Waals surface area contributed by atoms with Gasteiger partial charge in [-0.1, -0.05) is 6.08 Å². The molecule has 0 aliphatic carbocycles. The van der Waals surface area contributed by atoms with Crippen LogP contribution in [0.4, 0.5) is 0 Å². The normalized spacial score (nSPS) is 16.2. The number of amides is 1. The van der Waals surface area contributed by atoms with E-state index in [4.69, 9.17) is 0 Å². The number of fused-ring (bicyclic) bond motifs is 1. The summed E-state index contributed by atoms with van der Waals surface area (Å²) in [4.78, 5) is 15.5. The van der Waals surface area contributed by atoms with Gasteiger partial charge in [-0.15, -0.1) is 17.9 Å². The Morgan fingerprint density at radius 1 is 1.72 bits per heavy atom. The van der Waals surface area contributed by atoms with Crippen molar-refractivity contribution in [2.45, 2.75) is 32.4 Å². The number of hydrogen-bond acceptors (Lipinski definition) is 3. The molecule has 2 heterocycles. The lowest BCUT2D eigenvalue weighted by atomic mass is 10.1. The highest BCUT2D eigenvalue weighted by molar-refractivity contribution is 7.10. The van der Waals surface area contributed by atoms with Crippen LogP contribution in [0.25, 0.3) is 0 Å². The Morgan fingerprint density at radius 3 is 3.33 bits per heavy atom. The van der Waals surface area contributed by atoms with Crippen molar-refractivity contribution in [3.05, 3.63) is 34.5 Å². The van der Waals surface area contributed by atoms with Gasteiger partial charge in [-0.25, -0.2) is 0 Å². The molecule has 1 aromatic heterocycles. The molecule has 0 bridgehead atoms. The summed E-state index contributed by atoms with van der Waals surface area (Å²) < 4.78 is 0. The van der Waals surface area contributed by atoms with Crippen molar-refractivity contribution in [3.8, 4) is 0 Å². The lowest BCUT2D eigenvalue weighted by Crippen LogP contribution is -2.42. The second-order valence-electron chi connectivity index (χ2n) is 4.74. The first-order chi connectivity index (χ1) is 8.70. The van der Waals surface area contributed by atoms with Crippen LogP contribution in [-0.4, -0.2) is 29.9 Å². The zero-order chi connectivity index (χ0) is 13.0. The molecule has 4 heteroatoms. The average molecular weight is 264 g/mol. The van der Waals surface area contributed by atoms with E-state index in [9.17, 15) is 4.79 Å².